The topological polar surface area (TPSA) is 56.4 Å². The van der Waals surface area contributed by atoms with Crippen LogP contribution in [0.4, 0.5) is 11.4 Å². The summed E-state index contributed by atoms with van der Waals surface area (Å²) in [6.07, 6.45) is 3.51. The maximum atomic E-state index is 12.4. The van der Waals surface area contributed by atoms with E-state index in [9.17, 15) is 4.79 Å². The second-order valence-electron chi connectivity index (χ2n) is 5.90. The maximum Gasteiger partial charge on any atom is 0.243 e. The van der Waals surface area contributed by atoms with Gasteiger partial charge in [-0.15, -0.1) is 0 Å². The Bertz CT molecular complexity index is 485. The fourth-order valence-electron chi connectivity index (χ4n) is 3.19. The monoisotopic (exact) mass is 274 g/mol. The minimum absolute atomic E-state index is 0.0597. The largest absolute Gasteiger partial charge is 0.378 e. The van der Waals surface area contributed by atoms with Crippen molar-refractivity contribution in [2.75, 3.05) is 24.3 Å². The minimum atomic E-state index is -0.115. The predicted molar refractivity (Wildman–Crippen MR) is 80.6 cm³/mol. The van der Waals surface area contributed by atoms with Gasteiger partial charge in [-0.05, 0) is 37.1 Å². The lowest BCUT2D eigenvalue weighted by Crippen LogP contribution is -2.42. The predicted octanol–water partition coefficient (Wildman–Crippen LogP) is 1.34. The second-order valence-corrected chi connectivity index (χ2v) is 5.90. The van der Waals surface area contributed by atoms with E-state index in [1.54, 1.807) is 0 Å². The van der Waals surface area contributed by atoms with Crippen LogP contribution >= 0.6 is 0 Å². The molecule has 1 aromatic rings. The van der Waals surface area contributed by atoms with Crippen molar-refractivity contribution >= 4 is 17.3 Å². The fourth-order valence-corrected chi connectivity index (χ4v) is 3.19. The van der Waals surface area contributed by atoms with E-state index in [-0.39, 0.29) is 11.9 Å². The van der Waals surface area contributed by atoms with Crippen LogP contribution in [0.1, 0.15) is 19.3 Å². The second kappa shape index (κ2) is 5.42. The van der Waals surface area contributed by atoms with E-state index in [1.807, 2.05) is 43.3 Å². The number of hydrogen-bond acceptors (Lipinski definition) is 4. The van der Waals surface area contributed by atoms with Crippen molar-refractivity contribution in [3.8, 4) is 0 Å². The SMILES string of the molecule is CN(C)c1ccc(NC(=O)C2NNC3CCCC32)cc1. The summed E-state index contributed by atoms with van der Waals surface area (Å²) in [7, 11) is 4.00. The van der Waals surface area contributed by atoms with Crippen molar-refractivity contribution in [1.29, 1.82) is 0 Å². The van der Waals surface area contributed by atoms with E-state index < -0.39 is 0 Å². The summed E-state index contributed by atoms with van der Waals surface area (Å²) in [5.74, 6) is 0.487. The highest BCUT2D eigenvalue weighted by Crippen LogP contribution is 2.32. The molecule has 20 heavy (non-hydrogen) atoms. The highest BCUT2D eigenvalue weighted by molar-refractivity contribution is 5.95. The lowest BCUT2D eigenvalue weighted by atomic mass is 9.96. The van der Waals surface area contributed by atoms with Crippen molar-refractivity contribution in [2.45, 2.75) is 31.3 Å². The van der Waals surface area contributed by atoms with Crippen LogP contribution in [0.5, 0.6) is 0 Å². The first kappa shape index (κ1) is 13.4. The molecule has 3 N–H and O–H groups in total. The molecule has 3 rings (SSSR count). The summed E-state index contributed by atoms with van der Waals surface area (Å²) in [5.41, 5.74) is 8.36. The zero-order valence-corrected chi connectivity index (χ0v) is 12.0. The number of nitrogens with zero attached hydrogens (tertiary/aromatic N) is 1. The van der Waals surface area contributed by atoms with Crippen LogP contribution in [0.3, 0.4) is 0 Å². The molecule has 2 aliphatic rings. The van der Waals surface area contributed by atoms with Gasteiger partial charge in [-0.3, -0.25) is 10.2 Å². The van der Waals surface area contributed by atoms with Gasteiger partial charge in [0.2, 0.25) is 5.91 Å². The summed E-state index contributed by atoms with van der Waals surface area (Å²) >= 11 is 0. The van der Waals surface area contributed by atoms with Crippen molar-refractivity contribution in [1.82, 2.24) is 10.9 Å². The van der Waals surface area contributed by atoms with Gasteiger partial charge in [0.15, 0.2) is 0 Å². The Morgan fingerprint density at radius 3 is 2.65 bits per heavy atom. The average molecular weight is 274 g/mol. The minimum Gasteiger partial charge on any atom is -0.378 e. The van der Waals surface area contributed by atoms with Gasteiger partial charge in [0.05, 0.1) is 0 Å². The maximum absolute atomic E-state index is 12.4. The number of anilines is 2. The molecule has 1 aliphatic carbocycles. The van der Waals surface area contributed by atoms with Crippen LogP contribution in [-0.2, 0) is 4.79 Å². The van der Waals surface area contributed by atoms with E-state index in [1.165, 1.54) is 12.8 Å². The number of hydrogen-bond donors (Lipinski definition) is 3. The third kappa shape index (κ3) is 2.51. The molecule has 1 amide bonds. The molecule has 3 unspecified atom stereocenters. The highest BCUT2D eigenvalue weighted by atomic mass is 16.2. The molecule has 1 saturated carbocycles. The lowest BCUT2D eigenvalue weighted by Gasteiger charge is -2.17. The van der Waals surface area contributed by atoms with Gasteiger partial charge in [-0.25, -0.2) is 5.43 Å². The Labute approximate surface area is 119 Å². The molecule has 1 aromatic carbocycles. The summed E-state index contributed by atoms with van der Waals surface area (Å²) in [4.78, 5) is 14.4. The smallest absolute Gasteiger partial charge is 0.243 e. The standard InChI is InChI=1S/C15H22N4O/c1-19(2)11-8-6-10(7-9-11)16-15(20)14-12-4-3-5-13(12)17-18-14/h6-9,12-14,17-18H,3-5H2,1-2H3,(H,16,20). The molecule has 0 bridgehead atoms. The molecule has 0 radical (unpaired) electrons. The lowest BCUT2D eigenvalue weighted by molar-refractivity contribution is -0.118. The van der Waals surface area contributed by atoms with Gasteiger partial charge < -0.3 is 10.2 Å². The van der Waals surface area contributed by atoms with Gasteiger partial charge in [0, 0.05) is 37.4 Å². The summed E-state index contributed by atoms with van der Waals surface area (Å²) in [5, 5.41) is 3.00. The van der Waals surface area contributed by atoms with Crippen molar-refractivity contribution in [2.24, 2.45) is 5.92 Å². The van der Waals surface area contributed by atoms with E-state index in [0.29, 0.717) is 12.0 Å². The van der Waals surface area contributed by atoms with Crippen LogP contribution in [-0.4, -0.2) is 32.1 Å². The number of nitrogens with one attached hydrogen (secondary N) is 3. The molecule has 1 aliphatic heterocycles. The molecule has 1 saturated heterocycles. The number of benzene rings is 1. The van der Waals surface area contributed by atoms with Crippen LogP contribution in [0.2, 0.25) is 0 Å². The Hall–Kier alpha value is -1.59. The fraction of sp³-hybridized carbons (Fsp3) is 0.533. The van der Waals surface area contributed by atoms with Crippen molar-refractivity contribution in [3.05, 3.63) is 24.3 Å². The summed E-state index contributed by atoms with van der Waals surface area (Å²) in [6, 6.07) is 8.25. The van der Waals surface area contributed by atoms with Crippen LogP contribution in [0.15, 0.2) is 24.3 Å². The summed E-state index contributed by atoms with van der Waals surface area (Å²) < 4.78 is 0. The Morgan fingerprint density at radius 2 is 1.95 bits per heavy atom. The molecular formula is C15H22N4O. The Balaban J connectivity index is 1.64. The number of rotatable bonds is 3. The molecule has 2 fully saturated rings. The molecule has 108 valence electrons. The van der Waals surface area contributed by atoms with Gasteiger partial charge >= 0.3 is 0 Å². The number of hydrazine groups is 1. The van der Waals surface area contributed by atoms with Crippen molar-refractivity contribution < 1.29 is 4.79 Å². The molecule has 5 heteroatoms. The van der Waals surface area contributed by atoms with E-state index >= 15 is 0 Å². The van der Waals surface area contributed by atoms with E-state index in [4.69, 9.17) is 0 Å². The molecule has 0 spiro atoms. The number of carbonyl (C=O) groups is 1. The van der Waals surface area contributed by atoms with Gasteiger partial charge in [-0.2, -0.15) is 0 Å². The Morgan fingerprint density at radius 1 is 1.20 bits per heavy atom. The van der Waals surface area contributed by atoms with Crippen molar-refractivity contribution in [3.63, 3.8) is 0 Å². The molecule has 1 heterocycles. The van der Waals surface area contributed by atoms with E-state index in [2.05, 4.69) is 16.2 Å². The average Bonchev–Trinajstić information content (AvgIpc) is 3.01. The van der Waals surface area contributed by atoms with Gasteiger partial charge in [-0.1, -0.05) is 6.42 Å². The van der Waals surface area contributed by atoms with Crippen LogP contribution in [0.25, 0.3) is 0 Å². The first-order valence-corrected chi connectivity index (χ1v) is 7.24. The summed E-state index contributed by atoms with van der Waals surface area (Å²) in [6.45, 7) is 0. The third-order valence-electron chi connectivity index (χ3n) is 4.36. The zero-order chi connectivity index (χ0) is 14.1. The molecule has 0 aromatic heterocycles. The van der Waals surface area contributed by atoms with Crippen LogP contribution < -0.4 is 21.1 Å². The number of amides is 1. The normalized spacial score (nSPS) is 28.2. The Kier molecular flexibility index (Phi) is 3.63. The van der Waals surface area contributed by atoms with Gasteiger partial charge in [0.1, 0.15) is 6.04 Å². The number of carbonyl (C=O) groups excluding carboxylic acids is 1. The van der Waals surface area contributed by atoms with E-state index in [0.717, 1.165) is 17.8 Å². The van der Waals surface area contributed by atoms with Gasteiger partial charge in [0.25, 0.3) is 0 Å². The first-order valence-electron chi connectivity index (χ1n) is 7.24. The number of fused-ring (bicyclic) bond motifs is 1. The third-order valence-corrected chi connectivity index (χ3v) is 4.36. The highest BCUT2D eigenvalue weighted by Gasteiger charge is 2.42. The molecular weight excluding hydrogens is 252 g/mol. The first-order chi connectivity index (χ1) is 9.65. The zero-order valence-electron chi connectivity index (χ0n) is 12.0. The molecule has 5 nitrogen and oxygen atoms in total. The molecule has 3 atom stereocenters. The van der Waals surface area contributed by atoms with Crippen LogP contribution in [0, 0.1) is 5.92 Å². The quantitative estimate of drug-likeness (QED) is 0.778.